The number of carbonyl (C=O) groups excluding carboxylic acids is 1. The number of likely N-dealkylation sites (tertiary alicyclic amines) is 1. The minimum Gasteiger partial charge on any atom is -0.484 e. The molecule has 2 N–H and O–H groups in total. The van der Waals surface area contributed by atoms with Crippen LogP contribution in [0.4, 0.5) is 0 Å². The standard InChI is InChI=1S/C21H22N2O4S/c22-28(25,26)20-13-10-17(11-14-20)9-12-18-6-4-5-15-23(18)21(24)16-27-19-7-2-1-3-8-19/h1-3,7-8,10-11,13-14,18H,4-6,15-16H2,(H2,22,25,26)/t18-/m1/s1. The van der Waals surface area contributed by atoms with Crippen LogP contribution in [-0.2, 0) is 14.8 Å². The summed E-state index contributed by atoms with van der Waals surface area (Å²) < 4.78 is 28.2. The van der Waals surface area contributed by atoms with Gasteiger partial charge in [0.05, 0.1) is 10.9 Å². The molecule has 1 fully saturated rings. The van der Waals surface area contributed by atoms with E-state index in [1.54, 1.807) is 17.0 Å². The van der Waals surface area contributed by atoms with Crippen LogP contribution >= 0.6 is 0 Å². The number of primary sulfonamides is 1. The first-order valence-electron chi connectivity index (χ1n) is 9.05. The molecule has 0 spiro atoms. The molecule has 7 heteroatoms. The highest BCUT2D eigenvalue weighted by molar-refractivity contribution is 7.89. The molecule has 0 saturated carbocycles. The van der Waals surface area contributed by atoms with E-state index in [1.807, 2.05) is 30.3 Å². The molecule has 2 aromatic carbocycles. The first kappa shape index (κ1) is 19.9. The third-order valence-corrected chi connectivity index (χ3v) is 5.42. The lowest BCUT2D eigenvalue weighted by Gasteiger charge is -2.32. The predicted octanol–water partition coefficient (Wildman–Crippen LogP) is 2.15. The van der Waals surface area contributed by atoms with Crippen molar-refractivity contribution in [1.82, 2.24) is 4.90 Å². The van der Waals surface area contributed by atoms with E-state index in [2.05, 4.69) is 11.8 Å². The molecule has 146 valence electrons. The van der Waals surface area contributed by atoms with Gasteiger partial charge in [-0.3, -0.25) is 4.79 Å². The number of piperidine rings is 1. The zero-order chi connectivity index (χ0) is 20.0. The van der Waals surface area contributed by atoms with E-state index >= 15 is 0 Å². The summed E-state index contributed by atoms with van der Waals surface area (Å²) >= 11 is 0. The van der Waals surface area contributed by atoms with E-state index in [4.69, 9.17) is 9.88 Å². The molecule has 1 aliphatic rings. The smallest absolute Gasteiger partial charge is 0.261 e. The van der Waals surface area contributed by atoms with Crippen molar-refractivity contribution >= 4 is 15.9 Å². The highest BCUT2D eigenvalue weighted by Gasteiger charge is 2.25. The van der Waals surface area contributed by atoms with Gasteiger partial charge < -0.3 is 9.64 Å². The van der Waals surface area contributed by atoms with E-state index < -0.39 is 10.0 Å². The van der Waals surface area contributed by atoms with Crippen molar-refractivity contribution in [1.29, 1.82) is 0 Å². The van der Waals surface area contributed by atoms with E-state index in [1.165, 1.54) is 12.1 Å². The second-order valence-corrected chi connectivity index (χ2v) is 8.10. The van der Waals surface area contributed by atoms with Gasteiger partial charge in [-0.2, -0.15) is 0 Å². The lowest BCUT2D eigenvalue weighted by Crippen LogP contribution is -2.45. The third-order valence-electron chi connectivity index (χ3n) is 4.49. The number of hydrogen-bond donors (Lipinski definition) is 1. The van der Waals surface area contributed by atoms with Gasteiger partial charge >= 0.3 is 0 Å². The predicted molar refractivity (Wildman–Crippen MR) is 106 cm³/mol. The first-order valence-corrected chi connectivity index (χ1v) is 10.6. The van der Waals surface area contributed by atoms with Gasteiger partial charge in [-0.25, -0.2) is 13.6 Å². The minimum absolute atomic E-state index is 0.0226. The molecule has 0 aliphatic carbocycles. The molecule has 0 radical (unpaired) electrons. The topological polar surface area (TPSA) is 89.7 Å². The van der Waals surface area contributed by atoms with E-state index in [0.29, 0.717) is 17.9 Å². The molecule has 0 unspecified atom stereocenters. The molecule has 0 bridgehead atoms. The molecule has 1 amide bonds. The van der Waals surface area contributed by atoms with Gasteiger partial charge in [0.1, 0.15) is 5.75 Å². The van der Waals surface area contributed by atoms with Gasteiger partial charge in [0, 0.05) is 12.1 Å². The molecule has 2 aromatic rings. The Morgan fingerprint density at radius 2 is 1.82 bits per heavy atom. The Hall–Kier alpha value is -2.82. The van der Waals surface area contributed by atoms with Crippen LogP contribution in [-0.4, -0.2) is 38.4 Å². The Kier molecular flexibility index (Phi) is 6.34. The third kappa shape index (κ3) is 5.35. The second kappa shape index (κ2) is 8.91. The van der Waals surface area contributed by atoms with Gasteiger partial charge in [-0.15, -0.1) is 0 Å². The quantitative estimate of drug-likeness (QED) is 0.799. The van der Waals surface area contributed by atoms with Crippen LogP contribution < -0.4 is 9.88 Å². The molecule has 28 heavy (non-hydrogen) atoms. The Morgan fingerprint density at radius 3 is 2.50 bits per heavy atom. The molecule has 1 atom stereocenters. The summed E-state index contributed by atoms with van der Waals surface area (Å²) in [6.07, 6.45) is 2.75. The van der Waals surface area contributed by atoms with Crippen molar-refractivity contribution < 1.29 is 17.9 Å². The highest BCUT2D eigenvalue weighted by atomic mass is 32.2. The maximum atomic E-state index is 12.6. The average molecular weight is 398 g/mol. The summed E-state index contributed by atoms with van der Waals surface area (Å²) in [5, 5.41) is 5.10. The molecule has 1 heterocycles. The lowest BCUT2D eigenvalue weighted by molar-refractivity contribution is -0.135. The monoisotopic (exact) mass is 398 g/mol. The summed E-state index contributed by atoms with van der Waals surface area (Å²) in [6, 6.07) is 15.1. The van der Waals surface area contributed by atoms with E-state index in [9.17, 15) is 13.2 Å². The number of nitrogens with two attached hydrogens (primary N) is 1. The first-order chi connectivity index (χ1) is 13.4. The van der Waals surface area contributed by atoms with E-state index in [-0.39, 0.29) is 23.5 Å². The molecule has 3 rings (SSSR count). The van der Waals surface area contributed by atoms with E-state index in [0.717, 1.165) is 19.3 Å². The molecular weight excluding hydrogens is 376 g/mol. The summed E-state index contributed by atoms with van der Waals surface area (Å²) in [5.74, 6) is 6.74. The number of hydrogen-bond acceptors (Lipinski definition) is 4. The van der Waals surface area contributed by atoms with Gasteiger partial charge in [0.15, 0.2) is 6.61 Å². The van der Waals surface area contributed by atoms with Crippen LogP contribution in [0.2, 0.25) is 0 Å². The minimum atomic E-state index is -3.72. The van der Waals surface area contributed by atoms with Gasteiger partial charge in [0.25, 0.3) is 5.91 Å². The number of carbonyl (C=O) groups is 1. The average Bonchev–Trinajstić information content (AvgIpc) is 2.71. The Balaban J connectivity index is 1.66. The zero-order valence-corrected chi connectivity index (χ0v) is 16.2. The summed E-state index contributed by atoms with van der Waals surface area (Å²) in [4.78, 5) is 14.4. The normalized spacial score (nSPS) is 16.8. The van der Waals surface area contributed by atoms with Crippen molar-refractivity contribution in [3.8, 4) is 17.6 Å². The fourth-order valence-corrected chi connectivity index (χ4v) is 3.53. The number of rotatable bonds is 4. The Labute approximate surface area is 165 Å². The lowest BCUT2D eigenvalue weighted by atomic mass is 10.0. The molecule has 1 aliphatic heterocycles. The fraction of sp³-hybridized carbons (Fsp3) is 0.286. The van der Waals surface area contributed by atoms with Gasteiger partial charge in [-0.05, 0) is 55.7 Å². The maximum Gasteiger partial charge on any atom is 0.261 e. The van der Waals surface area contributed by atoms with Crippen molar-refractivity contribution in [2.45, 2.75) is 30.2 Å². The van der Waals surface area contributed by atoms with Crippen LogP contribution in [0, 0.1) is 11.8 Å². The number of ether oxygens (including phenoxy) is 1. The largest absolute Gasteiger partial charge is 0.484 e. The van der Waals surface area contributed by atoms with Crippen molar-refractivity contribution in [2.24, 2.45) is 5.14 Å². The fourth-order valence-electron chi connectivity index (χ4n) is 3.02. The summed E-state index contributed by atoms with van der Waals surface area (Å²) in [7, 11) is -3.72. The number of amides is 1. The van der Waals surface area contributed by atoms with Crippen LogP contribution in [0.3, 0.4) is 0 Å². The second-order valence-electron chi connectivity index (χ2n) is 6.54. The molecule has 0 aromatic heterocycles. The molecular formula is C21H22N2O4S. The number of sulfonamides is 1. The van der Waals surface area contributed by atoms with Gasteiger partial charge in [-0.1, -0.05) is 30.0 Å². The summed E-state index contributed by atoms with van der Waals surface area (Å²) in [6.45, 7) is 0.631. The number of nitrogens with zero attached hydrogens (tertiary/aromatic N) is 1. The van der Waals surface area contributed by atoms with Crippen LogP contribution in [0.25, 0.3) is 0 Å². The Morgan fingerprint density at radius 1 is 1.11 bits per heavy atom. The SMILES string of the molecule is NS(=O)(=O)c1ccc(C#C[C@H]2CCCCN2C(=O)COc2ccccc2)cc1. The maximum absolute atomic E-state index is 12.6. The van der Waals surface area contributed by atoms with Crippen LogP contribution in [0.1, 0.15) is 24.8 Å². The van der Waals surface area contributed by atoms with Crippen LogP contribution in [0.5, 0.6) is 5.75 Å². The van der Waals surface area contributed by atoms with Crippen molar-refractivity contribution in [2.75, 3.05) is 13.2 Å². The van der Waals surface area contributed by atoms with Crippen molar-refractivity contribution in [3.05, 3.63) is 60.2 Å². The Bertz CT molecular complexity index is 977. The van der Waals surface area contributed by atoms with Crippen LogP contribution in [0.15, 0.2) is 59.5 Å². The number of benzene rings is 2. The van der Waals surface area contributed by atoms with Crippen molar-refractivity contribution in [3.63, 3.8) is 0 Å². The molecule has 1 saturated heterocycles. The zero-order valence-electron chi connectivity index (χ0n) is 15.4. The summed E-state index contributed by atoms with van der Waals surface area (Å²) in [5.41, 5.74) is 0.672. The highest BCUT2D eigenvalue weighted by Crippen LogP contribution is 2.18. The molecule has 6 nitrogen and oxygen atoms in total. The van der Waals surface area contributed by atoms with Gasteiger partial charge in [0.2, 0.25) is 10.0 Å². The number of para-hydroxylation sites is 1.